The van der Waals surface area contributed by atoms with Gasteiger partial charge >= 0.3 is 0 Å². The molecule has 36 heavy (non-hydrogen) atoms. The van der Waals surface area contributed by atoms with Gasteiger partial charge in [-0.3, -0.25) is 0 Å². The SMILES string of the molecule is Cc1nc(Nc2ncc(F)c(-c3cc(C)c4nc5n(c4c3)C(C)CC5)n2)ccc1N1CCN(C)CC1. The average Bonchev–Trinajstić information content (AvgIpc) is 3.41. The van der Waals surface area contributed by atoms with Gasteiger partial charge in [0.15, 0.2) is 5.82 Å². The summed E-state index contributed by atoms with van der Waals surface area (Å²) in [5.41, 5.74) is 6.10. The Bertz CT molecular complexity index is 1450. The molecule has 6 rings (SSSR count). The van der Waals surface area contributed by atoms with E-state index in [1.807, 2.05) is 32.0 Å². The number of halogens is 1. The lowest BCUT2D eigenvalue weighted by Crippen LogP contribution is -2.44. The number of piperazine rings is 1. The fraction of sp³-hybridized carbons (Fsp3) is 0.407. The van der Waals surface area contributed by atoms with Crippen LogP contribution in [0, 0.1) is 19.7 Å². The summed E-state index contributed by atoms with van der Waals surface area (Å²) >= 11 is 0. The van der Waals surface area contributed by atoms with Crippen LogP contribution in [-0.2, 0) is 6.42 Å². The van der Waals surface area contributed by atoms with Crippen molar-refractivity contribution in [1.29, 1.82) is 0 Å². The van der Waals surface area contributed by atoms with Gasteiger partial charge in [-0.15, -0.1) is 0 Å². The molecule has 1 N–H and O–H groups in total. The largest absolute Gasteiger partial charge is 0.368 e. The Balaban J connectivity index is 1.30. The molecule has 0 amide bonds. The molecule has 1 unspecified atom stereocenters. The summed E-state index contributed by atoms with van der Waals surface area (Å²) in [5, 5.41) is 3.17. The quantitative estimate of drug-likeness (QED) is 0.450. The van der Waals surface area contributed by atoms with Crippen LogP contribution in [0.5, 0.6) is 0 Å². The Morgan fingerprint density at radius 3 is 2.61 bits per heavy atom. The second kappa shape index (κ2) is 8.81. The van der Waals surface area contributed by atoms with E-state index in [2.05, 4.69) is 49.7 Å². The number of rotatable bonds is 4. The van der Waals surface area contributed by atoms with Crippen molar-refractivity contribution in [3.8, 4) is 11.3 Å². The van der Waals surface area contributed by atoms with Gasteiger partial charge in [0.05, 0.1) is 28.6 Å². The van der Waals surface area contributed by atoms with Crippen molar-refractivity contribution in [2.75, 3.05) is 43.4 Å². The molecule has 186 valence electrons. The molecule has 3 aromatic heterocycles. The van der Waals surface area contributed by atoms with Gasteiger partial charge in [0, 0.05) is 44.2 Å². The number of aryl methyl sites for hydroxylation is 3. The summed E-state index contributed by atoms with van der Waals surface area (Å²) in [7, 11) is 2.15. The fourth-order valence-corrected chi connectivity index (χ4v) is 5.43. The first kappa shape index (κ1) is 22.8. The zero-order chi connectivity index (χ0) is 25.0. The minimum Gasteiger partial charge on any atom is -0.368 e. The third-order valence-corrected chi connectivity index (χ3v) is 7.44. The predicted molar refractivity (Wildman–Crippen MR) is 140 cm³/mol. The number of pyridine rings is 1. The third-order valence-electron chi connectivity index (χ3n) is 7.44. The van der Waals surface area contributed by atoms with E-state index in [0.717, 1.165) is 78.4 Å². The van der Waals surface area contributed by atoms with Crippen molar-refractivity contribution in [2.24, 2.45) is 0 Å². The molecule has 8 nitrogen and oxygen atoms in total. The molecule has 4 aromatic rings. The first-order chi connectivity index (χ1) is 17.4. The fourth-order valence-electron chi connectivity index (χ4n) is 5.43. The van der Waals surface area contributed by atoms with Gasteiger partial charge in [0.2, 0.25) is 5.95 Å². The van der Waals surface area contributed by atoms with Crippen LogP contribution in [0.1, 0.15) is 36.5 Å². The van der Waals surface area contributed by atoms with E-state index in [9.17, 15) is 4.39 Å². The van der Waals surface area contributed by atoms with E-state index in [0.29, 0.717) is 17.8 Å². The highest BCUT2D eigenvalue weighted by Gasteiger charge is 2.24. The van der Waals surface area contributed by atoms with Crippen LogP contribution in [0.15, 0.2) is 30.5 Å². The molecule has 1 aromatic carbocycles. The zero-order valence-electron chi connectivity index (χ0n) is 21.2. The van der Waals surface area contributed by atoms with Crippen molar-refractivity contribution >= 4 is 28.5 Å². The molecular formula is C27H31FN8. The summed E-state index contributed by atoms with van der Waals surface area (Å²) < 4.78 is 17.2. The van der Waals surface area contributed by atoms with E-state index in [4.69, 9.17) is 9.97 Å². The summed E-state index contributed by atoms with van der Waals surface area (Å²) in [5.74, 6) is 1.60. The Morgan fingerprint density at radius 1 is 1.03 bits per heavy atom. The molecular weight excluding hydrogens is 455 g/mol. The molecule has 1 saturated heterocycles. The predicted octanol–water partition coefficient (Wildman–Crippen LogP) is 4.65. The van der Waals surface area contributed by atoms with Crippen molar-refractivity contribution in [3.63, 3.8) is 0 Å². The lowest BCUT2D eigenvalue weighted by Gasteiger charge is -2.34. The van der Waals surface area contributed by atoms with Crippen LogP contribution in [-0.4, -0.2) is 62.6 Å². The number of fused-ring (bicyclic) bond motifs is 3. The van der Waals surface area contributed by atoms with Gasteiger partial charge in [0.25, 0.3) is 0 Å². The highest BCUT2D eigenvalue weighted by atomic mass is 19.1. The number of benzene rings is 1. The molecule has 9 heteroatoms. The Labute approximate surface area is 210 Å². The molecule has 1 fully saturated rings. The Hall–Kier alpha value is -3.59. The van der Waals surface area contributed by atoms with Crippen molar-refractivity contribution in [3.05, 3.63) is 53.4 Å². The maximum Gasteiger partial charge on any atom is 0.229 e. The minimum atomic E-state index is -0.455. The normalized spacial score (nSPS) is 18.1. The molecule has 0 aliphatic carbocycles. The zero-order valence-corrected chi connectivity index (χ0v) is 21.2. The van der Waals surface area contributed by atoms with Crippen molar-refractivity contribution in [2.45, 2.75) is 39.7 Å². The van der Waals surface area contributed by atoms with Gasteiger partial charge in [-0.05, 0) is 64.1 Å². The topological polar surface area (TPSA) is 75.0 Å². The van der Waals surface area contributed by atoms with Crippen LogP contribution >= 0.6 is 0 Å². The first-order valence-electron chi connectivity index (χ1n) is 12.6. The van der Waals surface area contributed by atoms with Gasteiger partial charge in [-0.2, -0.15) is 0 Å². The molecule has 5 heterocycles. The third kappa shape index (κ3) is 3.97. The van der Waals surface area contributed by atoms with Crippen LogP contribution in [0.2, 0.25) is 0 Å². The first-order valence-corrected chi connectivity index (χ1v) is 12.6. The molecule has 1 atom stereocenters. The Morgan fingerprint density at radius 2 is 1.83 bits per heavy atom. The van der Waals surface area contributed by atoms with Gasteiger partial charge < -0.3 is 19.7 Å². The molecule has 0 bridgehead atoms. The molecule has 0 saturated carbocycles. The minimum absolute atomic E-state index is 0.268. The number of nitrogens with zero attached hydrogens (tertiary/aromatic N) is 7. The summed E-state index contributed by atoms with van der Waals surface area (Å²) in [6, 6.07) is 8.36. The number of hydrogen-bond donors (Lipinski definition) is 1. The second-order valence-corrected chi connectivity index (χ2v) is 10.1. The van der Waals surface area contributed by atoms with Crippen LogP contribution in [0.25, 0.3) is 22.3 Å². The van der Waals surface area contributed by atoms with Crippen molar-refractivity contribution in [1.82, 2.24) is 29.4 Å². The van der Waals surface area contributed by atoms with Crippen LogP contribution in [0.4, 0.5) is 21.8 Å². The maximum atomic E-state index is 15.0. The number of imidazole rings is 1. The molecule has 0 spiro atoms. The van der Waals surface area contributed by atoms with Gasteiger partial charge in [-0.25, -0.2) is 24.3 Å². The lowest BCUT2D eigenvalue weighted by atomic mass is 10.1. The number of aromatic nitrogens is 5. The van der Waals surface area contributed by atoms with E-state index in [1.165, 1.54) is 6.20 Å². The number of anilines is 3. The second-order valence-electron chi connectivity index (χ2n) is 10.1. The molecule has 2 aliphatic heterocycles. The van der Waals surface area contributed by atoms with Gasteiger partial charge in [-0.1, -0.05) is 0 Å². The standard InChI is InChI=1S/C27H31FN8/c1-16-13-19(14-22-25(16)32-24-8-5-17(2)36(22)24)26-20(28)15-29-27(33-26)31-23-7-6-21(18(3)30-23)35-11-9-34(4)10-12-35/h6-7,13-15,17H,5,8-12H2,1-4H3,(H,29,30,31,33). The average molecular weight is 487 g/mol. The lowest BCUT2D eigenvalue weighted by molar-refractivity contribution is 0.312. The number of likely N-dealkylation sites (N-methyl/N-ethyl adjacent to an activating group) is 1. The van der Waals surface area contributed by atoms with Gasteiger partial charge in [0.1, 0.15) is 17.3 Å². The smallest absolute Gasteiger partial charge is 0.229 e. The van der Waals surface area contributed by atoms with E-state index < -0.39 is 5.82 Å². The Kier molecular flexibility index (Phi) is 5.59. The summed E-state index contributed by atoms with van der Waals surface area (Å²) in [6.45, 7) is 10.3. The van der Waals surface area contributed by atoms with E-state index in [-0.39, 0.29) is 5.69 Å². The monoisotopic (exact) mass is 486 g/mol. The number of nitrogens with one attached hydrogen (secondary N) is 1. The van der Waals surface area contributed by atoms with Crippen LogP contribution in [0.3, 0.4) is 0 Å². The molecule has 2 aliphatic rings. The number of hydrogen-bond acceptors (Lipinski definition) is 7. The van der Waals surface area contributed by atoms with Crippen molar-refractivity contribution < 1.29 is 4.39 Å². The molecule has 0 radical (unpaired) electrons. The summed E-state index contributed by atoms with van der Waals surface area (Å²) in [6.07, 6.45) is 3.27. The van der Waals surface area contributed by atoms with Crippen LogP contribution < -0.4 is 10.2 Å². The summed E-state index contributed by atoms with van der Waals surface area (Å²) in [4.78, 5) is 23.0. The van der Waals surface area contributed by atoms with E-state index >= 15 is 0 Å². The van der Waals surface area contributed by atoms with E-state index in [1.54, 1.807) is 0 Å². The highest BCUT2D eigenvalue weighted by molar-refractivity contribution is 5.85. The maximum absolute atomic E-state index is 15.0. The highest BCUT2D eigenvalue weighted by Crippen LogP contribution is 2.35.